The van der Waals surface area contributed by atoms with Crippen molar-refractivity contribution in [3.63, 3.8) is 0 Å². The Morgan fingerprint density at radius 2 is 0.759 bits per heavy atom. The first-order valence-electron chi connectivity index (χ1n) is 36.1. The SMILES string of the molecule is C#CCCCn1nc(C)cc1C(C)=O.C1CCOC1.CCn1nc(C)c(C#CCCCn2nc(C)cc2C(C)=O)c1C(C)=O.CCn1nc(C)c(CCCCCn2nc(C)cc2C(=O)O)c1C(=O)O.CCn1nc(C)c(CCCCCn2nc(C)cc2C(C)=O)c1C(=O)O.CCn1nc(C)c(I)c1C(C)=O.[Na+].[OH-]. The molecule has 0 unspecified atom stereocenters. The van der Waals surface area contributed by atoms with E-state index in [0.29, 0.717) is 105 Å². The van der Waals surface area contributed by atoms with Gasteiger partial charge < -0.3 is 25.5 Å². The Labute approximate surface area is 669 Å². The summed E-state index contributed by atoms with van der Waals surface area (Å²) in [7, 11) is 0. The first-order chi connectivity index (χ1) is 50.3. The van der Waals surface area contributed by atoms with Gasteiger partial charge in [-0.1, -0.05) is 24.7 Å². The number of aromatic carboxylic acids is 3. The van der Waals surface area contributed by atoms with Crippen LogP contribution in [0.1, 0.15) is 286 Å². The van der Waals surface area contributed by atoms with Crippen LogP contribution in [0.25, 0.3) is 0 Å². The van der Waals surface area contributed by atoms with Gasteiger partial charge in [0.15, 0.2) is 28.9 Å². The molecule has 108 heavy (non-hydrogen) atoms. The zero-order valence-electron chi connectivity index (χ0n) is 66.4. The maximum Gasteiger partial charge on any atom is 1.00 e. The first-order valence-corrected chi connectivity index (χ1v) is 37.2. The Morgan fingerprint density at radius 3 is 1.08 bits per heavy atom. The average Bonchev–Trinajstić information content (AvgIpc) is 1.68. The fraction of sp³-hybridized carbons (Fsp3) is 0.532. The Balaban J connectivity index is 0.000000459. The summed E-state index contributed by atoms with van der Waals surface area (Å²) in [5.41, 5.74) is 12.9. The molecule has 8 aromatic rings. The number of carboxylic acid groups (broad SMARTS) is 3. The molecule has 4 N–H and O–H groups in total. The number of carboxylic acids is 3. The number of ether oxygens (including phenoxy) is 1. The van der Waals surface area contributed by atoms with Crippen molar-refractivity contribution in [1.29, 1.82) is 0 Å². The predicted molar refractivity (Wildman–Crippen MR) is 413 cm³/mol. The minimum Gasteiger partial charge on any atom is -0.870 e. The van der Waals surface area contributed by atoms with Crippen molar-refractivity contribution in [2.45, 2.75) is 260 Å². The van der Waals surface area contributed by atoms with E-state index in [-0.39, 0.29) is 75.3 Å². The van der Waals surface area contributed by atoms with Crippen LogP contribution in [0.4, 0.5) is 0 Å². The smallest absolute Gasteiger partial charge is 0.870 e. The van der Waals surface area contributed by atoms with Gasteiger partial charge in [-0.05, 0) is 194 Å². The summed E-state index contributed by atoms with van der Waals surface area (Å²) < 4.78 is 19.2. The molecule has 582 valence electrons. The van der Waals surface area contributed by atoms with E-state index < -0.39 is 17.9 Å². The van der Waals surface area contributed by atoms with Crippen LogP contribution in [-0.4, -0.2) is 159 Å². The molecule has 1 aliphatic heterocycles. The number of terminal acetylenes is 1. The normalized spacial score (nSPS) is 11.0. The number of nitrogens with zero attached hydrogens (tertiary/aromatic N) is 16. The summed E-state index contributed by atoms with van der Waals surface area (Å²) in [4.78, 5) is 91.6. The monoisotopic (exact) mass is 1610 g/mol. The molecule has 31 heteroatoms. The molecular formula is C77H108IN16NaO13. The van der Waals surface area contributed by atoms with Gasteiger partial charge in [0.2, 0.25) is 0 Å². The summed E-state index contributed by atoms with van der Waals surface area (Å²) in [6.07, 6.45) is 17.2. The van der Waals surface area contributed by atoms with E-state index in [2.05, 4.69) is 81.1 Å². The quantitative estimate of drug-likeness (QED) is 0.0124. The molecule has 1 aliphatic rings. The van der Waals surface area contributed by atoms with Crippen molar-refractivity contribution < 1.29 is 93.4 Å². The van der Waals surface area contributed by atoms with Gasteiger partial charge in [0.05, 0.1) is 54.7 Å². The molecule has 9 rings (SSSR count). The van der Waals surface area contributed by atoms with E-state index in [9.17, 15) is 48.6 Å². The van der Waals surface area contributed by atoms with Crippen molar-refractivity contribution in [2.75, 3.05) is 13.2 Å². The third-order valence-corrected chi connectivity index (χ3v) is 18.2. The topological polar surface area (TPSA) is 379 Å². The van der Waals surface area contributed by atoms with E-state index in [0.717, 1.165) is 138 Å². The number of aromatic nitrogens is 16. The number of carbonyl (C=O) groups is 8. The number of ketones is 5. The van der Waals surface area contributed by atoms with Crippen LogP contribution >= 0.6 is 22.6 Å². The molecule has 29 nitrogen and oxygen atoms in total. The van der Waals surface area contributed by atoms with Crippen molar-refractivity contribution >= 4 is 69.4 Å². The fourth-order valence-corrected chi connectivity index (χ4v) is 12.7. The predicted octanol–water partition coefficient (Wildman–Crippen LogP) is 9.96. The minimum absolute atomic E-state index is 0. The van der Waals surface area contributed by atoms with Crippen molar-refractivity contribution in [3.05, 3.63) is 136 Å². The first kappa shape index (κ1) is 95.3. The molecule has 0 radical (unpaired) electrons. The van der Waals surface area contributed by atoms with Crippen LogP contribution in [-0.2, 0) is 69.9 Å². The van der Waals surface area contributed by atoms with E-state index >= 15 is 0 Å². The van der Waals surface area contributed by atoms with Gasteiger partial charge in [0.25, 0.3) is 0 Å². The number of carbonyl (C=O) groups excluding carboxylic acids is 5. The molecule has 0 bridgehead atoms. The number of aryl methyl sites for hydroxylation is 16. The number of hydrogen-bond acceptors (Lipinski definition) is 18. The third-order valence-electron chi connectivity index (χ3n) is 16.9. The number of unbranched alkanes of at least 4 members (excludes halogenated alkanes) is 6. The van der Waals surface area contributed by atoms with Gasteiger partial charge in [-0.15, -0.1) is 12.3 Å². The summed E-state index contributed by atoms with van der Waals surface area (Å²) in [6, 6.07) is 6.97. The van der Waals surface area contributed by atoms with Crippen molar-refractivity contribution in [2.24, 2.45) is 0 Å². The van der Waals surface area contributed by atoms with E-state index in [4.69, 9.17) is 16.3 Å². The van der Waals surface area contributed by atoms with Crippen molar-refractivity contribution in [1.82, 2.24) is 78.2 Å². The molecule has 1 fully saturated rings. The molecular weight excluding hydrogens is 1510 g/mol. The Hall–Kier alpha value is -8.79. The van der Waals surface area contributed by atoms with Gasteiger partial charge in [-0.3, -0.25) is 61.4 Å². The van der Waals surface area contributed by atoms with Crippen LogP contribution in [0.5, 0.6) is 0 Å². The molecule has 8 aromatic heterocycles. The fourth-order valence-electron chi connectivity index (χ4n) is 11.9. The second-order valence-electron chi connectivity index (χ2n) is 25.6. The summed E-state index contributed by atoms with van der Waals surface area (Å²) in [5.74, 6) is 6.08. The zero-order chi connectivity index (χ0) is 79.1. The van der Waals surface area contributed by atoms with Gasteiger partial charge in [-0.25, -0.2) is 14.4 Å². The molecule has 0 aromatic carbocycles. The van der Waals surface area contributed by atoms with Gasteiger partial charge in [-0.2, -0.15) is 40.8 Å². The number of Topliss-reactive ketones (excluding diaryl/α,β-unsaturated/α-hetero) is 5. The van der Waals surface area contributed by atoms with Crippen LogP contribution in [0.3, 0.4) is 0 Å². The van der Waals surface area contributed by atoms with E-state index in [1.165, 1.54) is 29.1 Å². The third kappa shape index (κ3) is 28.7. The number of halogens is 1. The Kier molecular flexibility index (Phi) is 42.3. The second-order valence-corrected chi connectivity index (χ2v) is 26.7. The minimum atomic E-state index is -0.977. The molecule has 1 saturated heterocycles. The molecule has 0 atom stereocenters. The van der Waals surface area contributed by atoms with Gasteiger partial charge in [0, 0.05) is 124 Å². The maximum atomic E-state index is 11.9. The van der Waals surface area contributed by atoms with E-state index in [1.807, 2.05) is 82.2 Å². The molecule has 0 spiro atoms. The standard InChI is InChI=1S/C19H24N4O2.C18H26N4O3.C17H24N4O4.C11H14N2O.C8H11IN2O.C4H8O.Na.H2O/c1-6-22-19(16(5)25)17(14(3)21-22)10-8-7-9-11-23-18(15(4)24)12-13(2)20-23;1-5-21-17(18(24)25)15(13(3)20-21)9-7-6-8-10-22-16(14(4)23)11-12(2)19-22;1-4-20-15(17(24)25)13(12(3)19-20)8-6-5-7-9-21-14(16(22)23)10-11(2)18-21;1-4-5-6-7-13-11(10(3)14)8-9(2)12-13;1-4-11-8(6(3)12)7(9)5(2)10-11;1-2-4-5-3-1;;/h12H,6-7,9,11H2,1-5H3;11H,5-10H2,1-4H3,(H,24,25);10H,4-9H2,1-3H3,(H,22,23)(H,24,25);1,8H,5-7H2,2-3H3;4H2,1-3H3;1-4H2;;1H2/q;;;;;;+1;/p-1. The van der Waals surface area contributed by atoms with Crippen LogP contribution in [0.2, 0.25) is 0 Å². The van der Waals surface area contributed by atoms with E-state index in [1.54, 1.807) is 80.9 Å². The van der Waals surface area contributed by atoms with Gasteiger partial charge >= 0.3 is 47.5 Å². The summed E-state index contributed by atoms with van der Waals surface area (Å²) in [6.45, 7) is 37.4. The second kappa shape index (κ2) is 47.9. The number of rotatable bonds is 30. The maximum absolute atomic E-state index is 11.9. The molecule has 0 saturated carbocycles. The Bertz CT molecular complexity index is 4300. The molecule has 9 heterocycles. The average molecular weight is 1620 g/mol. The summed E-state index contributed by atoms with van der Waals surface area (Å²) >= 11 is 2.16. The van der Waals surface area contributed by atoms with Crippen molar-refractivity contribution in [3.8, 4) is 24.2 Å². The van der Waals surface area contributed by atoms with Crippen LogP contribution in [0, 0.1) is 83.1 Å². The Morgan fingerprint density at radius 1 is 0.426 bits per heavy atom. The van der Waals surface area contributed by atoms with Gasteiger partial charge in [0.1, 0.15) is 45.6 Å². The largest absolute Gasteiger partial charge is 1.00 e. The van der Waals surface area contributed by atoms with Crippen LogP contribution < -0.4 is 29.6 Å². The zero-order valence-corrected chi connectivity index (χ0v) is 70.5. The molecule has 0 aliphatic carbocycles. The molecule has 0 amide bonds. The number of hydrogen-bond donors (Lipinski definition) is 3. The summed E-state index contributed by atoms with van der Waals surface area (Å²) in [5, 5.41) is 62.3. The van der Waals surface area contributed by atoms with Crippen LogP contribution in [0.15, 0.2) is 24.3 Å².